The lowest BCUT2D eigenvalue weighted by atomic mass is 10.3. The van der Waals surface area contributed by atoms with Crippen LogP contribution in [0.3, 0.4) is 0 Å². The van der Waals surface area contributed by atoms with Crippen LogP contribution in [0.1, 0.15) is 32.4 Å². The highest BCUT2D eigenvalue weighted by Crippen LogP contribution is 2.10. The van der Waals surface area contributed by atoms with Crippen LogP contribution in [0, 0.1) is 0 Å². The van der Waals surface area contributed by atoms with E-state index in [-0.39, 0.29) is 11.9 Å². The van der Waals surface area contributed by atoms with Crippen molar-refractivity contribution in [3.8, 4) is 0 Å². The van der Waals surface area contributed by atoms with Gasteiger partial charge in [-0.2, -0.15) is 0 Å². The predicted octanol–water partition coefficient (Wildman–Crippen LogP) is 1.39. The lowest BCUT2D eigenvalue weighted by Crippen LogP contribution is -2.45. The molecule has 2 rings (SSSR count). The third-order valence-corrected chi connectivity index (χ3v) is 3.74. The van der Waals surface area contributed by atoms with Crippen LogP contribution < -0.4 is 10.6 Å². The summed E-state index contributed by atoms with van der Waals surface area (Å²) in [4.78, 5) is 18.2. The van der Waals surface area contributed by atoms with Gasteiger partial charge in [0.05, 0.1) is 6.26 Å². The standard InChI is InChI=1S/C16H26N4O2/c1-3-15(21)20-10-8-13(12-20)19-16(17-4-2)18-9-7-14-6-5-11-22-14/h5-6,11,13H,3-4,7-10,12H2,1-2H3,(H2,17,18,19). The summed E-state index contributed by atoms with van der Waals surface area (Å²) in [5.74, 6) is 1.98. The number of furan rings is 1. The molecule has 0 radical (unpaired) electrons. The van der Waals surface area contributed by atoms with Crippen LogP contribution in [-0.4, -0.2) is 49.0 Å². The quantitative estimate of drug-likeness (QED) is 0.615. The summed E-state index contributed by atoms with van der Waals surface area (Å²) in [7, 11) is 0. The Morgan fingerprint density at radius 1 is 1.50 bits per heavy atom. The van der Waals surface area contributed by atoms with E-state index in [4.69, 9.17) is 4.42 Å². The Kier molecular flexibility index (Phi) is 6.30. The topological polar surface area (TPSA) is 69.9 Å². The number of guanidine groups is 1. The first-order chi connectivity index (χ1) is 10.7. The van der Waals surface area contributed by atoms with Gasteiger partial charge in [-0.25, -0.2) is 0 Å². The molecule has 2 heterocycles. The van der Waals surface area contributed by atoms with Gasteiger partial charge in [-0.3, -0.25) is 9.79 Å². The lowest BCUT2D eigenvalue weighted by Gasteiger charge is -2.18. The molecule has 0 saturated carbocycles. The number of rotatable bonds is 6. The molecule has 22 heavy (non-hydrogen) atoms. The molecule has 1 atom stereocenters. The fourth-order valence-electron chi connectivity index (χ4n) is 2.57. The summed E-state index contributed by atoms with van der Waals surface area (Å²) >= 11 is 0. The molecule has 1 aliphatic heterocycles. The lowest BCUT2D eigenvalue weighted by molar-refractivity contribution is -0.129. The van der Waals surface area contributed by atoms with E-state index in [1.807, 2.05) is 30.9 Å². The number of aliphatic imine (C=N–C) groups is 1. The highest BCUT2D eigenvalue weighted by atomic mass is 16.3. The maximum atomic E-state index is 11.7. The summed E-state index contributed by atoms with van der Waals surface area (Å²) in [5, 5.41) is 6.67. The molecule has 1 aliphatic rings. The predicted molar refractivity (Wildman–Crippen MR) is 86.8 cm³/mol. The fourth-order valence-corrected chi connectivity index (χ4v) is 2.57. The van der Waals surface area contributed by atoms with Gasteiger partial charge in [-0.15, -0.1) is 0 Å². The first kappa shape index (κ1) is 16.4. The summed E-state index contributed by atoms with van der Waals surface area (Å²) in [6.07, 6.45) is 4.01. The monoisotopic (exact) mass is 306 g/mol. The van der Waals surface area contributed by atoms with E-state index >= 15 is 0 Å². The Bertz CT molecular complexity index is 484. The molecule has 6 nitrogen and oxygen atoms in total. The number of likely N-dealkylation sites (tertiary alicyclic amines) is 1. The van der Waals surface area contributed by atoms with Gasteiger partial charge in [0.25, 0.3) is 0 Å². The highest BCUT2D eigenvalue weighted by molar-refractivity contribution is 5.80. The minimum Gasteiger partial charge on any atom is -0.469 e. The van der Waals surface area contributed by atoms with Crippen molar-refractivity contribution >= 4 is 11.9 Å². The van der Waals surface area contributed by atoms with Gasteiger partial charge in [0.2, 0.25) is 5.91 Å². The minimum absolute atomic E-state index is 0.226. The Morgan fingerprint density at radius 3 is 3.05 bits per heavy atom. The first-order valence-electron chi connectivity index (χ1n) is 8.08. The summed E-state index contributed by atoms with van der Waals surface area (Å²) in [5.41, 5.74) is 0. The summed E-state index contributed by atoms with van der Waals surface area (Å²) < 4.78 is 5.31. The van der Waals surface area contributed by atoms with Crippen LogP contribution in [0.5, 0.6) is 0 Å². The zero-order chi connectivity index (χ0) is 15.8. The second-order valence-corrected chi connectivity index (χ2v) is 5.41. The zero-order valence-corrected chi connectivity index (χ0v) is 13.5. The van der Waals surface area contributed by atoms with Crippen molar-refractivity contribution in [1.82, 2.24) is 15.5 Å². The van der Waals surface area contributed by atoms with E-state index in [2.05, 4.69) is 15.6 Å². The maximum absolute atomic E-state index is 11.7. The van der Waals surface area contributed by atoms with Crippen molar-refractivity contribution in [3.63, 3.8) is 0 Å². The molecule has 122 valence electrons. The zero-order valence-electron chi connectivity index (χ0n) is 13.5. The largest absolute Gasteiger partial charge is 0.469 e. The fraction of sp³-hybridized carbons (Fsp3) is 0.625. The SMILES string of the molecule is CCNC(=NCCc1ccco1)NC1CCN(C(=O)CC)C1. The average Bonchev–Trinajstić information content (AvgIpc) is 3.18. The number of hydrogen-bond acceptors (Lipinski definition) is 3. The van der Waals surface area contributed by atoms with E-state index in [9.17, 15) is 4.79 Å². The van der Waals surface area contributed by atoms with Crippen LogP contribution >= 0.6 is 0 Å². The van der Waals surface area contributed by atoms with Crippen LogP contribution in [-0.2, 0) is 11.2 Å². The van der Waals surface area contributed by atoms with Crippen molar-refractivity contribution in [1.29, 1.82) is 0 Å². The van der Waals surface area contributed by atoms with E-state index in [1.165, 1.54) is 0 Å². The number of hydrogen-bond donors (Lipinski definition) is 2. The second-order valence-electron chi connectivity index (χ2n) is 5.41. The molecular formula is C16H26N4O2. The van der Waals surface area contributed by atoms with Gasteiger partial charge in [-0.05, 0) is 25.5 Å². The summed E-state index contributed by atoms with van der Waals surface area (Å²) in [6.45, 7) is 7.03. The molecule has 1 saturated heterocycles. The maximum Gasteiger partial charge on any atom is 0.222 e. The molecule has 1 aromatic rings. The molecule has 1 amide bonds. The molecule has 0 aliphatic carbocycles. The van der Waals surface area contributed by atoms with Crippen molar-refractivity contribution in [2.75, 3.05) is 26.2 Å². The van der Waals surface area contributed by atoms with Gasteiger partial charge in [0.1, 0.15) is 5.76 Å². The van der Waals surface area contributed by atoms with Gasteiger partial charge < -0.3 is 20.0 Å². The average molecular weight is 306 g/mol. The highest BCUT2D eigenvalue weighted by Gasteiger charge is 2.25. The van der Waals surface area contributed by atoms with Crippen LogP contribution in [0.4, 0.5) is 0 Å². The third-order valence-electron chi connectivity index (χ3n) is 3.74. The Labute approximate surface area is 132 Å². The number of carbonyl (C=O) groups is 1. The van der Waals surface area contributed by atoms with E-state index in [0.717, 1.165) is 44.2 Å². The number of carbonyl (C=O) groups excluding carboxylic acids is 1. The number of nitrogens with one attached hydrogen (secondary N) is 2. The van der Waals surface area contributed by atoms with E-state index in [0.29, 0.717) is 13.0 Å². The molecule has 0 bridgehead atoms. The molecule has 1 fully saturated rings. The van der Waals surface area contributed by atoms with Crippen LogP contribution in [0.2, 0.25) is 0 Å². The summed E-state index contributed by atoms with van der Waals surface area (Å²) in [6, 6.07) is 4.12. The number of nitrogens with zero attached hydrogens (tertiary/aromatic N) is 2. The Morgan fingerprint density at radius 2 is 2.36 bits per heavy atom. The van der Waals surface area contributed by atoms with E-state index < -0.39 is 0 Å². The van der Waals surface area contributed by atoms with Gasteiger partial charge in [0.15, 0.2) is 5.96 Å². The molecule has 0 spiro atoms. The van der Waals surface area contributed by atoms with Gasteiger partial charge in [-0.1, -0.05) is 6.92 Å². The Balaban J connectivity index is 1.82. The van der Waals surface area contributed by atoms with Crippen molar-refractivity contribution in [2.24, 2.45) is 4.99 Å². The molecule has 1 aromatic heterocycles. The first-order valence-corrected chi connectivity index (χ1v) is 8.08. The van der Waals surface area contributed by atoms with Crippen LogP contribution in [0.25, 0.3) is 0 Å². The molecular weight excluding hydrogens is 280 g/mol. The Hall–Kier alpha value is -1.98. The van der Waals surface area contributed by atoms with Crippen molar-refractivity contribution in [3.05, 3.63) is 24.2 Å². The van der Waals surface area contributed by atoms with Crippen molar-refractivity contribution < 1.29 is 9.21 Å². The molecule has 6 heteroatoms. The normalized spacial score (nSPS) is 18.5. The van der Waals surface area contributed by atoms with Crippen molar-refractivity contribution in [2.45, 2.75) is 39.2 Å². The number of amides is 1. The van der Waals surface area contributed by atoms with Gasteiger partial charge in [0, 0.05) is 45.1 Å². The molecule has 0 aromatic carbocycles. The van der Waals surface area contributed by atoms with Crippen LogP contribution in [0.15, 0.2) is 27.8 Å². The third kappa shape index (κ3) is 4.79. The van der Waals surface area contributed by atoms with Gasteiger partial charge >= 0.3 is 0 Å². The molecule has 1 unspecified atom stereocenters. The minimum atomic E-state index is 0.226. The smallest absolute Gasteiger partial charge is 0.222 e. The molecule has 2 N–H and O–H groups in total. The second kappa shape index (κ2) is 8.46. The van der Waals surface area contributed by atoms with E-state index in [1.54, 1.807) is 6.26 Å².